The second kappa shape index (κ2) is 8.36. The molecule has 1 aromatic carbocycles. The molecule has 6 nitrogen and oxygen atoms in total. The van der Waals surface area contributed by atoms with Gasteiger partial charge < -0.3 is 0 Å². The number of anilines is 1. The largest absolute Gasteiger partial charge is 0.280 e. The zero-order chi connectivity index (χ0) is 21.3. The van der Waals surface area contributed by atoms with Crippen molar-refractivity contribution >= 4 is 32.6 Å². The molecular weight excluding hydrogens is 394 g/mol. The van der Waals surface area contributed by atoms with E-state index < -0.39 is 0 Å². The molecule has 0 saturated carbocycles. The van der Waals surface area contributed by atoms with Gasteiger partial charge >= 0.3 is 0 Å². The molecule has 0 fully saturated rings. The van der Waals surface area contributed by atoms with Crippen molar-refractivity contribution in [2.24, 2.45) is 0 Å². The number of aromatic nitrogens is 4. The van der Waals surface area contributed by atoms with E-state index in [2.05, 4.69) is 42.1 Å². The molecule has 0 radical (unpaired) electrons. The highest BCUT2D eigenvalue weighted by atomic mass is 32.1. The number of nitrogens with zero attached hydrogens (tertiary/aromatic N) is 5. The van der Waals surface area contributed by atoms with Gasteiger partial charge in [0.25, 0.3) is 5.91 Å². The zero-order valence-corrected chi connectivity index (χ0v) is 18.5. The molecule has 3 aromatic heterocycles. The highest BCUT2D eigenvalue weighted by Crippen LogP contribution is 2.34. The first-order valence-corrected chi connectivity index (χ1v) is 10.9. The summed E-state index contributed by atoms with van der Waals surface area (Å²) in [5, 5.41) is 5.18. The number of hydrogen-bond donors (Lipinski definition) is 0. The second-order valence-corrected chi connectivity index (χ2v) is 8.59. The summed E-state index contributed by atoms with van der Waals surface area (Å²) in [5.74, 6) is 0.202. The van der Waals surface area contributed by atoms with Crippen LogP contribution in [0.5, 0.6) is 0 Å². The monoisotopic (exact) mass is 419 g/mol. The molecule has 30 heavy (non-hydrogen) atoms. The van der Waals surface area contributed by atoms with Crippen LogP contribution in [0, 0.1) is 6.92 Å². The van der Waals surface area contributed by atoms with Gasteiger partial charge in [-0.25, -0.2) is 4.98 Å². The summed E-state index contributed by atoms with van der Waals surface area (Å²) >= 11 is 1.53. The highest BCUT2D eigenvalue weighted by molar-refractivity contribution is 7.22. The van der Waals surface area contributed by atoms with Crippen molar-refractivity contribution in [2.75, 3.05) is 4.90 Å². The number of fused-ring (bicyclic) bond motifs is 1. The molecule has 0 aliphatic heterocycles. The molecule has 0 bridgehead atoms. The molecular formula is C23H25N5OS. The zero-order valence-electron chi connectivity index (χ0n) is 17.7. The topological polar surface area (TPSA) is 63.9 Å². The molecule has 3 heterocycles. The van der Waals surface area contributed by atoms with Gasteiger partial charge in [0.1, 0.15) is 0 Å². The summed E-state index contributed by atoms with van der Waals surface area (Å²) < 4.78 is 2.92. The maximum Gasteiger partial charge on any atom is 0.280 e. The van der Waals surface area contributed by atoms with Crippen molar-refractivity contribution in [1.29, 1.82) is 0 Å². The van der Waals surface area contributed by atoms with Crippen LogP contribution in [-0.2, 0) is 13.1 Å². The SMILES string of the molecule is CCn1nc(C(=O)N(Cc2cccnc2)c2nc3c(C(C)C)cccc3s2)cc1C. The molecule has 0 N–H and O–H groups in total. The number of carbonyl (C=O) groups excluding carboxylic acids is 1. The summed E-state index contributed by atoms with van der Waals surface area (Å²) in [7, 11) is 0. The van der Waals surface area contributed by atoms with E-state index >= 15 is 0 Å². The minimum absolute atomic E-state index is 0.153. The molecule has 1 amide bonds. The van der Waals surface area contributed by atoms with Crippen LogP contribution in [0.2, 0.25) is 0 Å². The molecule has 0 saturated heterocycles. The molecule has 4 rings (SSSR count). The Balaban J connectivity index is 1.80. The summed E-state index contributed by atoms with van der Waals surface area (Å²) in [4.78, 5) is 24.3. The molecule has 154 valence electrons. The van der Waals surface area contributed by atoms with E-state index in [4.69, 9.17) is 4.98 Å². The van der Waals surface area contributed by atoms with Gasteiger partial charge in [0.2, 0.25) is 0 Å². The van der Waals surface area contributed by atoms with Gasteiger partial charge in [0.15, 0.2) is 10.8 Å². The average Bonchev–Trinajstić information content (AvgIpc) is 3.35. The van der Waals surface area contributed by atoms with Gasteiger partial charge in [-0.05, 0) is 49.1 Å². The third-order valence-electron chi connectivity index (χ3n) is 5.10. The average molecular weight is 420 g/mol. The number of hydrogen-bond acceptors (Lipinski definition) is 5. The van der Waals surface area contributed by atoms with Gasteiger partial charge in [0, 0.05) is 24.6 Å². The van der Waals surface area contributed by atoms with Crippen LogP contribution in [0.1, 0.15) is 54.0 Å². The van der Waals surface area contributed by atoms with Crippen molar-refractivity contribution < 1.29 is 4.79 Å². The summed E-state index contributed by atoms with van der Waals surface area (Å²) in [6.45, 7) is 9.41. The van der Waals surface area contributed by atoms with Gasteiger partial charge in [0.05, 0.1) is 16.8 Å². The lowest BCUT2D eigenvalue weighted by Crippen LogP contribution is -2.30. The van der Waals surface area contributed by atoms with Gasteiger partial charge in [-0.2, -0.15) is 5.10 Å². The first-order chi connectivity index (χ1) is 14.5. The predicted molar refractivity (Wildman–Crippen MR) is 121 cm³/mol. The van der Waals surface area contributed by atoms with Crippen LogP contribution in [0.15, 0.2) is 48.8 Å². The molecule has 0 spiro atoms. The molecule has 4 aromatic rings. The van der Waals surface area contributed by atoms with Crippen LogP contribution in [0.3, 0.4) is 0 Å². The summed E-state index contributed by atoms with van der Waals surface area (Å²) in [6.07, 6.45) is 3.51. The number of carbonyl (C=O) groups is 1. The van der Waals surface area contributed by atoms with Crippen LogP contribution in [0.25, 0.3) is 10.2 Å². The number of rotatable bonds is 6. The normalized spacial score (nSPS) is 11.4. The van der Waals surface area contributed by atoms with Crippen LogP contribution in [-0.4, -0.2) is 25.7 Å². The first kappa shape index (κ1) is 20.2. The van der Waals surface area contributed by atoms with Crippen molar-refractivity contribution in [2.45, 2.75) is 46.7 Å². The molecule has 0 atom stereocenters. The highest BCUT2D eigenvalue weighted by Gasteiger charge is 2.25. The van der Waals surface area contributed by atoms with E-state index in [9.17, 15) is 4.79 Å². The van der Waals surface area contributed by atoms with Crippen LogP contribution in [0.4, 0.5) is 5.13 Å². The predicted octanol–water partition coefficient (Wildman–Crippen LogP) is 5.19. The quantitative estimate of drug-likeness (QED) is 0.432. The Hall–Kier alpha value is -3.06. The van der Waals surface area contributed by atoms with Crippen molar-refractivity contribution in [1.82, 2.24) is 19.7 Å². The lowest BCUT2D eigenvalue weighted by Gasteiger charge is -2.18. The Morgan fingerprint density at radius 1 is 1.23 bits per heavy atom. The molecule has 0 aliphatic rings. The van der Waals surface area contributed by atoms with Crippen LogP contribution >= 0.6 is 11.3 Å². The summed E-state index contributed by atoms with van der Waals surface area (Å²) in [6, 6.07) is 11.9. The molecule has 7 heteroatoms. The van der Waals surface area contributed by atoms with Crippen LogP contribution < -0.4 is 4.90 Å². The van der Waals surface area contributed by atoms with Crippen molar-refractivity contribution in [3.8, 4) is 0 Å². The van der Waals surface area contributed by atoms with Crippen molar-refractivity contribution in [3.63, 3.8) is 0 Å². The van der Waals surface area contributed by atoms with Gasteiger partial charge in [-0.15, -0.1) is 0 Å². The fourth-order valence-electron chi connectivity index (χ4n) is 3.51. The maximum atomic E-state index is 13.5. The minimum atomic E-state index is -0.153. The first-order valence-electron chi connectivity index (χ1n) is 10.1. The molecule has 0 unspecified atom stereocenters. The fraction of sp³-hybridized carbons (Fsp3) is 0.304. The minimum Gasteiger partial charge on any atom is -0.278 e. The Morgan fingerprint density at radius 3 is 2.73 bits per heavy atom. The molecule has 0 aliphatic carbocycles. The maximum absolute atomic E-state index is 13.5. The van der Waals surface area contributed by atoms with E-state index in [1.165, 1.54) is 16.9 Å². The standard InChI is InChI=1S/C23H25N5OS/c1-5-28-16(4)12-19(26-28)22(29)27(14-17-8-7-11-24-13-17)23-25-21-18(15(2)3)9-6-10-20(21)30-23/h6-13,15H,5,14H2,1-4H3. The number of thiazole rings is 1. The lowest BCUT2D eigenvalue weighted by atomic mass is 10.0. The Kier molecular flexibility index (Phi) is 5.63. The van der Waals surface area contributed by atoms with E-state index in [-0.39, 0.29) is 5.91 Å². The smallest absolute Gasteiger partial charge is 0.278 e. The third-order valence-corrected chi connectivity index (χ3v) is 6.14. The Morgan fingerprint density at radius 2 is 2.07 bits per heavy atom. The van der Waals surface area contributed by atoms with E-state index in [0.717, 1.165) is 28.0 Å². The number of benzene rings is 1. The number of para-hydroxylation sites is 1. The second-order valence-electron chi connectivity index (χ2n) is 7.58. The van der Waals surface area contributed by atoms with E-state index in [0.29, 0.717) is 23.3 Å². The number of amides is 1. The summed E-state index contributed by atoms with van der Waals surface area (Å²) in [5.41, 5.74) is 4.50. The lowest BCUT2D eigenvalue weighted by molar-refractivity contribution is 0.0979. The van der Waals surface area contributed by atoms with Gasteiger partial charge in [-0.3, -0.25) is 19.4 Å². The third kappa shape index (κ3) is 3.85. The number of aryl methyl sites for hydroxylation is 2. The Bertz CT molecular complexity index is 1180. The van der Waals surface area contributed by atoms with E-state index in [1.54, 1.807) is 17.3 Å². The van der Waals surface area contributed by atoms with Crippen molar-refractivity contribution in [3.05, 3.63) is 71.3 Å². The number of pyridine rings is 1. The van der Waals surface area contributed by atoms with Gasteiger partial charge in [-0.1, -0.05) is 43.4 Å². The fourth-order valence-corrected chi connectivity index (χ4v) is 4.51. The van der Waals surface area contributed by atoms with E-state index in [1.807, 2.05) is 36.7 Å². The Labute approximate surface area is 180 Å².